The van der Waals surface area contributed by atoms with Crippen molar-refractivity contribution in [3.63, 3.8) is 0 Å². The van der Waals surface area contributed by atoms with E-state index in [1.807, 2.05) is 0 Å². The molecule has 0 saturated heterocycles. The lowest BCUT2D eigenvalue weighted by Crippen LogP contribution is -2.02. The van der Waals surface area contributed by atoms with Gasteiger partial charge in [0, 0.05) is 17.8 Å². The summed E-state index contributed by atoms with van der Waals surface area (Å²) in [6.45, 7) is 1.60. The summed E-state index contributed by atoms with van der Waals surface area (Å²) in [6, 6.07) is 9.76. The first-order valence-corrected chi connectivity index (χ1v) is 9.92. The minimum atomic E-state index is -0.539. The van der Waals surface area contributed by atoms with E-state index in [-0.39, 0.29) is 26.9 Å². The van der Waals surface area contributed by atoms with E-state index in [1.165, 1.54) is 18.7 Å². The molecule has 1 N–H and O–H groups in total. The number of halogens is 3. The average molecular weight is 483 g/mol. The summed E-state index contributed by atoms with van der Waals surface area (Å²) in [5, 5.41) is 7.06. The zero-order valence-corrected chi connectivity index (χ0v) is 17.6. The van der Waals surface area contributed by atoms with E-state index in [1.54, 1.807) is 48.0 Å². The minimum Gasteiger partial charge on any atom is -0.457 e. The molecular formula is C21H13BrF2N6O. The van der Waals surface area contributed by atoms with E-state index >= 15 is 4.39 Å². The summed E-state index contributed by atoms with van der Waals surface area (Å²) in [7, 11) is 0. The van der Waals surface area contributed by atoms with Crippen molar-refractivity contribution in [2.45, 2.75) is 6.92 Å². The van der Waals surface area contributed by atoms with Crippen molar-refractivity contribution < 1.29 is 13.5 Å². The van der Waals surface area contributed by atoms with Gasteiger partial charge in [-0.1, -0.05) is 0 Å². The molecule has 0 aliphatic carbocycles. The molecule has 0 amide bonds. The number of hydrogen-bond donors (Lipinski definition) is 1. The van der Waals surface area contributed by atoms with Crippen LogP contribution in [0.25, 0.3) is 16.6 Å². The molecule has 7 nitrogen and oxygen atoms in total. The zero-order chi connectivity index (χ0) is 21.5. The molecule has 3 heterocycles. The molecule has 5 rings (SSSR count). The predicted octanol–water partition coefficient (Wildman–Crippen LogP) is 5.56. The number of nitrogens with one attached hydrogen (secondary N) is 1. The van der Waals surface area contributed by atoms with Gasteiger partial charge in [-0.15, -0.1) is 0 Å². The monoisotopic (exact) mass is 482 g/mol. The van der Waals surface area contributed by atoms with Crippen molar-refractivity contribution in [2.75, 3.05) is 5.32 Å². The molecule has 0 unspecified atom stereocenters. The number of benzene rings is 2. The number of nitrogens with zero attached hydrogens (tertiary/aromatic N) is 5. The van der Waals surface area contributed by atoms with Crippen LogP contribution in [0, 0.1) is 18.6 Å². The highest BCUT2D eigenvalue weighted by atomic mass is 79.9. The fraction of sp³-hybridized carbons (Fsp3) is 0.0476. The van der Waals surface area contributed by atoms with Gasteiger partial charge in [-0.3, -0.25) is 0 Å². The van der Waals surface area contributed by atoms with E-state index < -0.39 is 11.6 Å². The van der Waals surface area contributed by atoms with Gasteiger partial charge >= 0.3 is 0 Å². The van der Waals surface area contributed by atoms with Gasteiger partial charge in [-0.05, 0) is 53.2 Å². The Hall–Kier alpha value is -3.66. The molecule has 10 heteroatoms. The highest BCUT2D eigenvalue weighted by Gasteiger charge is 2.16. The minimum absolute atomic E-state index is 0.136. The molecule has 31 heavy (non-hydrogen) atoms. The van der Waals surface area contributed by atoms with Gasteiger partial charge in [0.1, 0.15) is 30.0 Å². The number of fused-ring (bicyclic) bond motifs is 2. The third-order valence-corrected chi connectivity index (χ3v) is 5.38. The van der Waals surface area contributed by atoms with Crippen LogP contribution in [-0.4, -0.2) is 24.6 Å². The maximum absolute atomic E-state index is 15.1. The lowest BCUT2D eigenvalue weighted by Gasteiger charge is -2.14. The molecule has 0 atom stereocenters. The quantitative estimate of drug-likeness (QED) is 0.361. The summed E-state index contributed by atoms with van der Waals surface area (Å²) < 4.78 is 37.5. The second kappa shape index (κ2) is 7.55. The maximum Gasteiger partial charge on any atom is 0.158 e. The lowest BCUT2D eigenvalue weighted by molar-refractivity contribution is 0.471. The summed E-state index contributed by atoms with van der Waals surface area (Å²) >= 11 is 3.16. The van der Waals surface area contributed by atoms with Crippen molar-refractivity contribution in [1.29, 1.82) is 0 Å². The summed E-state index contributed by atoms with van der Waals surface area (Å²) in [5.41, 5.74) is 1.43. The normalized spacial score (nSPS) is 11.2. The van der Waals surface area contributed by atoms with Crippen LogP contribution < -0.4 is 10.1 Å². The van der Waals surface area contributed by atoms with E-state index in [0.29, 0.717) is 22.7 Å². The van der Waals surface area contributed by atoms with Crippen LogP contribution in [0.4, 0.5) is 20.3 Å². The molecule has 0 bridgehead atoms. The molecule has 0 saturated carbocycles. The van der Waals surface area contributed by atoms with Gasteiger partial charge in [-0.2, -0.15) is 5.10 Å². The third-order valence-electron chi connectivity index (χ3n) is 4.76. The van der Waals surface area contributed by atoms with Gasteiger partial charge < -0.3 is 10.1 Å². The van der Waals surface area contributed by atoms with E-state index in [0.717, 1.165) is 0 Å². The van der Waals surface area contributed by atoms with Crippen molar-refractivity contribution in [2.24, 2.45) is 0 Å². The molecule has 0 radical (unpaired) electrons. The molecule has 0 aliphatic rings. The molecule has 3 aromatic heterocycles. The van der Waals surface area contributed by atoms with Gasteiger partial charge in [0.25, 0.3) is 0 Å². The maximum atomic E-state index is 15.1. The molecule has 0 spiro atoms. The van der Waals surface area contributed by atoms with E-state index in [2.05, 4.69) is 41.3 Å². The standard InChI is InChI=1S/C21H13BrF2N6O/c1-11-16(31-12-6-7-30-17(8-12)26-10-28-30)5-4-15(19(11)23)29-21-18-14(25-9-27-21)3-2-13(22)20(18)24/h2-10H,1H3,(H,25,27,29). The first kappa shape index (κ1) is 19.3. The van der Waals surface area contributed by atoms with Crippen LogP contribution in [-0.2, 0) is 0 Å². The van der Waals surface area contributed by atoms with Gasteiger partial charge in [-0.25, -0.2) is 28.2 Å². The number of anilines is 2. The molecule has 5 aromatic rings. The molecule has 154 valence electrons. The first-order chi connectivity index (χ1) is 15.0. The molecule has 0 aliphatic heterocycles. The van der Waals surface area contributed by atoms with E-state index in [9.17, 15) is 4.39 Å². The summed E-state index contributed by atoms with van der Waals surface area (Å²) in [5.74, 6) is -0.0661. The topological polar surface area (TPSA) is 77.2 Å². The number of ether oxygens (including phenoxy) is 1. The van der Waals surface area contributed by atoms with Crippen molar-refractivity contribution in [1.82, 2.24) is 24.6 Å². The molecule has 2 aromatic carbocycles. The zero-order valence-electron chi connectivity index (χ0n) is 16.0. The predicted molar refractivity (Wildman–Crippen MR) is 115 cm³/mol. The second-order valence-electron chi connectivity index (χ2n) is 6.68. The lowest BCUT2D eigenvalue weighted by atomic mass is 10.1. The smallest absolute Gasteiger partial charge is 0.158 e. The number of pyridine rings is 1. The van der Waals surface area contributed by atoms with E-state index in [4.69, 9.17) is 4.74 Å². The first-order valence-electron chi connectivity index (χ1n) is 9.13. The van der Waals surface area contributed by atoms with Crippen LogP contribution in [0.1, 0.15) is 5.56 Å². The fourth-order valence-electron chi connectivity index (χ4n) is 3.17. The second-order valence-corrected chi connectivity index (χ2v) is 7.53. The summed E-state index contributed by atoms with van der Waals surface area (Å²) in [4.78, 5) is 12.3. The Kier molecular flexibility index (Phi) is 4.70. The SMILES string of the molecule is Cc1c(Oc2ccn3ncnc3c2)ccc(Nc2ncnc3ccc(Br)c(F)c23)c1F. The Morgan fingerprint density at radius 1 is 1.00 bits per heavy atom. The molecular weight excluding hydrogens is 470 g/mol. The fourth-order valence-corrected chi connectivity index (χ4v) is 3.50. The van der Waals surface area contributed by atoms with Crippen LogP contribution in [0.15, 0.2) is 59.7 Å². The van der Waals surface area contributed by atoms with Gasteiger partial charge in [0.05, 0.1) is 21.1 Å². The largest absolute Gasteiger partial charge is 0.457 e. The van der Waals surface area contributed by atoms with Crippen molar-refractivity contribution in [3.05, 3.63) is 76.9 Å². The van der Waals surface area contributed by atoms with Gasteiger partial charge in [0.2, 0.25) is 0 Å². The van der Waals surface area contributed by atoms with Crippen LogP contribution in [0.5, 0.6) is 11.5 Å². The number of rotatable bonds is 4. The molecule has 0 fully saturated rings. The van der Waals surface area contributed by atoms with Crippen LogP contribution >= 0.6 is 15.9 Å². The Morgan fingerprint density at radius 2 is 1.87 bits per heavy atom. The van der Waals surface area contributed by atoms with Crippen LogP contribution in [0.2, 0.25) is 0 Å². The highest BCUT2D eigenvalue weighted by Crippen LogP contribution is 2.34. The Labute approximate surface area is 182 Å². The Balaban J connectivity index is 1.48. The Bertz CT molecular complexity index is 1460. The highest BCUT2D eigenvalue weighted by molar-refractivity contribution is 9.10. The Morgan fingerprint density at radius 3 is 2.74 bits per heavy atom. The van der Waals surface area contributed by atoms with Crippen LogP contribution in [0.3, 0.4) is 0 Å². The third kappa shape index (κ3) is 3.44. The van der Waals surface area contributed by atoms with Gasteiger partial charge in [0.15, 0.2) is 17.3 Å². The van der Waals surface area contributed by atoms with Crippen molar-refractivity contribution >= 4 is 44.0 Å². The summed E-state index contributed by atoms with van der Waals surface area (Å²) in [6.07, 6.45) is 4.43. The average Bonchev–Trinajstić information content (AvgIpc) is 3.24. The number of hydrogen-bond acceptors (Lipinski definition) is 6. The number of aromatic nitrogens is 5. The van der Waals surface area contributed by atoms with Crippen molar-refractivity contribution in [3.8, 4) is 11.5 Å².